The molecule has 0 fully saturated rings. The van der Waals surface area contributed by atoms with Gasteiger partial charge in [-0.2, -0.15) is 0 Å². The summed E-state index contributed by atoms with van der Waals surface area (Å²) in [6.45, 7) is 27.4. The maximum Gasteiger partial charge on any atom is 0.586 e. The lowest BCUT2D eigenvalue weighted by Gasteiger charge is -2.04. The van der Waals surface area contributed by atoms with Crippen molar-refractivity contribution in [1.82, 2.24) is 24.3 Å². The van der Waals surface area contributed by atoms with E-state index in [1.807, 2.05) is 119 Å². The largest absolute Gasteiger partial charge is 0.586 e. The Bertz CT molecular complexity index is 5480. The summed E-state index contributed by atoms with van der Waals surface area (Å²) in [5.41, 5.74) is 20.9. The van der Waals surface area contributed by atoms with Crippen LogP contribution >= 0.6 is 45.9 Å². The third kappa shape index (κ3) is 22.9. The number of imidazole rings is 1. The van der Waals surface area contributed by atoms with Gasteiger partial charge in [-0.1, -0.05) is 59.6 Å². The van der Waals surface area contributed by atoms with Gasteiger partial charge in [-0.25, -0.2) is 28.7 Å². The molecule has 14 aromatic rings. The number of pyridine rings is 2. The predicted molar refractivity (Wildman–Crippen MR) is 444 cm³/mol. The molecule has 22 rings (SSSR count). The molecule has 5 aromatic heterocycles. The molecule has 8 aliphatic rings. The Balaban J connectivity index is 0.000000119. The van der Waals surface area contributed by atoms with Crippen LogP contribution in [0, 0.1) is 102 Å². The van der Waals surface area contributed by atoms with Gasteiger partial charge in [0.2, 0.25) is 53.3 Å². The van der Waals surface area contributed by atoms with Gasteiger partial charge in [0.05, 0.1) is 36.5 Å². The number of hydrogen-bond donors (Lipinski definition) is 0. The fourth-order valence-electron chi connectivity index (χ4n) is 11.7. The van der Waals surface area contributed by atoms with Gasteiger partial charge in [0.1, 0.15) is 11.5 Å². The van der Waals surface area contributed by atoms with Gasteiger partial charge in [0.15, 0.2) is 86.3 Å². The van der Waals surface area contributed by atoms with E-state index in [0.717, 1.165) is 96.2 Å². The fourth-order valence-corrected chi connectivity index (χ4v) is 13.6. The minimum Gasteiger partial charge on any atom is -0.454 e. The molecule has 0 atom stereocenters. The van der Waals surface area contributed by atoms with Crippen LogP contribution in [0.15, 0.2) is 181 Å². The summed E-state index contributed by atoms with van der Waals surface area (Å²) < 4.78 is 135. The monoisotopic (exact) mass is 1690 g/mol. The third-order valence-electron chi connectivity index (χ3n) is 17.5. The maximum absolute atomic E-state index is 12.9. The number of benzene rings is 9. The number of alkyl halides is 2. The molecule has 0 bridgehead atoms. The molecule has 0 radical (unpaired) electrons. The van der Waals surface area contributed by atoms with Gasteiger partial charge < -0.3 is 80.2 Å². The Morgan fingerprint density at radius 1 is 0.339 bits per heavy atom. The Morgan fingerprint density at radius 3 is 1.52 bits per heavy atom. The molecule has 13 heterocycles. The van der Waals surface area contributed by atoms with Crippen molar-refractivity contribution in [3.05, 3.63) is 275 Å². The molecular weight excluding hydrogens is 1610 g/mol. The molecule has 21 nitrogen and oxygen atoms in total. The molecule has 0 spiro atoms. The molecule has 0 N–H and O–H groups in total. The van der Waals surface area contributed by atoms with E-state index < -0.39 is 6.29 Å². The second-order valence-electron chi connectivity index (χ2n) is 27.3. The summed E-state index contributed by atoms with van der Waals surface area (Å²) in [4.78, 5) is 16.7. The van der Waals surface area contributed by atoms with E-state index in [1.54, 1.807) is 60.8 Å². The lowest BCUT2D eigenvalue weighted by atomic mass is 10.1. The molecule has 29 heteroatoms. The number of nitrogens with zero attached hydrogens (tertiary/aromatic N) is 5. The highest BCUT2D eigenvalue weighted by Gasteiger charge is 2.43. The Labute approximate surface area is 696 Å². The first-order valence-electron chi connectivity index (χ1n) is 36.7. The second kappa shape index (κ2) is 39.1. The lowest BCUT2D eigenvalue weighted by Crippen LogP contribution is -2.25. The number of fused-ring (bicyclic) bond motifs is 11. The molecule has 0 saturated carbocycles. The minimum atomic E-state index is -3.50. The number of hydrogen-bond acceptors (Lipinski definition) is 22. The van der Waals surface area contributed by atoms with Gasteiger partial charge >= 0.3 is 6.29 Å². The normalized spacial score (nSPS) is 13.3. The Kier molecular flexibility index (Phi) is 28.2. The molecule has 0 unspecified atom stereocenters. The molecule has 0 saturated heterocycles. The quantitative estimate of drug-likeness (QED) is 0.129. The topological polar surface area (TPSA) is 204 Å². The summed E-state index contributed by atoms with van der Waals surface area (Å²) in [5, 5.41) is 1.34. The Morgan fingerprint density at radius 2 is 0.814 bits per heavy atom. The van der Waals surface area contributed by atoms with Crippen LogP contribution in [0.3, 0.4) is 0 Å². The molecule has 118 heavy (non-hydrogen) atoms. The predicted octanol–water partition coefficient (Wildman–Crippen LogP) is 22.8. The number of halogens is 6. The number of aromatic nitrogens is 5. The second-order valence-corrected chi connectivity index (χ2v) is 29.9. The van der Waals surface area contributed by atoms with Crippen LogP contribution in [-0.4, -0.2) is 78.2 Å². The highest BCUT2D eigenvalue weighted by Crippen LogP contribution is 2.44. The summed E-state index contributed by atoms with van der Waals surface area (Å²) in [6.07, 6.45) is 0.475. The van der Waals surface area contributed by atoms with Crippen molar-refractivity contribution in [2.45, 2.75) is 96.3 Å². The standard InChI is InChI=1S/C9H10N2.C9H10O2.2C8H7ClO2.C8H6F2O2.2C8H7FO2.2C8H7NS.C8H8O2.C7H7NO2/c1-7-3-4-9-10-5-8(2)11(9)6-7;1-6-3-7(2)9-8(4-6)10-5-11-9;1-5-2-7-8(3-6(5)9)11-4-10-7;1-5-2-6(9)8-7(3-5)10-4-11-8;1-5-2-3-6-7(4-5)12-8(9,10)11-6;1-5-2-7-8(3-6(5)9)11-4-10-7;1-5-2-6(9)8-7(3-5)10-4-11-8;1-6-2-3-8-7(4-6)9-5-10-8;2*1-6-2-3-7-8(4-6)10-5-9-7;1-5-2-3-6-7(8-5)10-4-9-6/h3-6H,1-2H3;3-4H,5H2,1-2H3;2*2-3H,4H2,1H3;2-4H,1H3;2*2-3H,4H2,1H3;2*2-5H,1H3;2-4H,5H2,1H3;2-3H,4H2,1H3. The van der Waals surface area contributed by atoms with E-state index in [2.05, 4.69) is 123 Å². The zero-order valence-corrected chi connectivity index (χ0v) is 69.8. The summed E-state index contributed by atoms with van der Waals surface area (Å²) in [5.74, 6) is 9.21. The van der Waals surface area contributed by atoms with Gasteiger partial charge in [0.25, 0.3) is 5.88 Å². The fraction of sp³-hybridized carbons (Fsp3) is 0.236. The van der Waals surface area contributed by atoms with Crippen molar-refractivity contribution in [1.29, 1.82) is 0 Å². The first-order valence-corrected chi connectivity index (χ1v) is 39.2. The van der Waals surface area contributed by atoms with E-state index in [0.29, 0.717) is 71.7 Å². The number of rotatable bonds is 0. The van der Waals surface area contributed by atoms with Gasteiger partial charge in [0, 0.05) is 40.9 Å². The van der Waals surface area contributed by atoms with E-state index in [9.17, 15) is 17.6 Å². The van der Waals surface area contributed by atoms with Crippen molar-refractivity contribution in [2.75, 3.05) is 47.6 Å². The highest BCUT2D eigenvalue weighted by molar-refractivity contribution is 7.17. The molecule has 8 aliphatic heterocycles. The van der Waals surface area contributed by atoms with Crippen LogP contribution in [0.4, 0.5) is 17.6 Å². The van der Waals surface area contributed by atoms with Crippen LogP contribution in [0.2, 0.25) is 10.0 Å². The average Bonchev–Trinajstić information content (AvgIpc) is 1.66. The van der Waals surface area contributed by atoms with Gasteiger partial charge in [-0.3, -0.25) is 0 Å². The smallest absolute Gasteiger partial charge is 0.454 e. The van der Waals surface area contributed by atoms with Crippen LogP contribution in [-0.2, 0) is 0 Å². The van der Waals surface area contributed by atoms with E-state index in [-0.39, 0.29) is 49.3 Å². The van der Waals surface area contributed by atoms with Crippen LogP contribution in [0.1, 0.15) is 72.6 Å². The SMILES string of the molecule is Cc1cc(C)c2c(c1)OCO2.Cc1cc(Cl)c2c(c1)OCO2.Cc1cc(F)c2c(c1)OCO2.Cc1cc2c(cc1Cl)OCO2.Cc1cc2c(cc1F)OCO2.Cc1ccc2c(c1)OC(F)(F)O2.Cc1ccc2c(c1)OCO2.Cc1ccc2c(n1)OCO2.Cc1ccc2ncc(C)n2c1.Cc1ccc2ncsc2c1.Cc1ccc2scnc2c1. The van der Waals surface area contributed by atoms with E-state index in [4.69, 9.17) is 89.5 Å². The van der Waals surface area contributed by atoms with Crippen LogP contribution < -0.4 is 75.8 Å². The summed E-state index contributed by atoms with van der Waals surface area (Å²) in [6, 6.07) is 48.7. The molecular formula is C89H83Cl2F4N5O16S2. The zero-order valence-electron chi connectivity index (χ0n) is 66.6. The number of aryl methyl sites for hydroxylation is 13. The maximum atomic E-state index is 12.9. The molecule has 0 amide bonds. The number of ether oxygens (including phenoxy) is 16. The third-order valence-corrected chi connectivity index (χ3v) is 19.8. The van der Waals surface area contributed by atoms with Gasteiger partial charge in [-0.05, 0) is 260 Å². The molecule has 9 aromatic carbocycles. The van der Waals surface area contributed by atoms with Crippen molar-refractivity contribution < 1.29 is 93.4 Å². The van der Waals surface area contributed by atoms with Crippen molar-refractivity contribution in [2.24, 2.45) is 0 Å². The molecule has 0 aliphatic carbocycles. The van der Waals surface area contributed by atoms with Crippen molar-refractivity contribution in [3.63, 3.8) is 0 Å². The van der Waals surface area contributed by atoms with Gasteiger partial charge in [-0.15, -0.1) is 31.5 Å². The van der Waals surface area contributed by atoms with Crippen LogP contribution in [0.25, 0.3) is 26.1 Å². The van der Waals surface area contributed by atoms with Crippen molar-refractivity contribution >= 4 is 72.0 Å². The Hall–Kier alpha value is -12.3. The first kappa shape index (κ1) is 85.1. The van der Waals surface area contributed by atoms with E-state index in [1.165, 1.54) is 67.2 Å². The summed E-state index contributed by atoms with van der Waals surface area (Å²) in [7, 11) is 0. The van der Waals surface area contributed by atoms with Crippen LogP contribution in [0.5, 0.6) is 92.1 Å². The summed E-state index contributed by atoms with van der Waals surface area (Å²) >= 11 is 15.1. The first-order chi connectivity index (χ1) is 56.6. The zero-order chi connectivity index (χ0) is 83.7. The minimum absolute atomic E-state index is 0.0885. The average molecular weight is 1690 g/mol. The van der Waals surface area contributed by atoms with E-state index >= 15 is 0 Å². The lowest BCUT2D eigenvalue weighted by molar-refractivity contribution is -0.286. The number of thiazole rings is 2. The van der Waals surface area contributed by atoms with Crippen molar-refractivity contribution in [3.8, 4) is 92.1 Å². The highest BCUT2D eigenvalue weighted by atomic mass is 35.5. The molecule has 614 valence electrons.